The Balaban J connectivity index is 1.91. The van der Waals surface area contributed by atoms with Crippen LogP contribution in [0.4, 0.5) is 0 Å². The van der Waals surface area contributed by atoms with Crippen molar-refractivity contribution < 1.29 is 0 Å². The zero-order chi connectivity index (χ0) is 9.80. The van der Waals surface area contributed by atoms with Gasteiger partial charge in [-0.2, -0.15) is 5.26 Å². The molecule has 0 aromatic rings. The van der Waals surface area contributed by atoms with Gasteiger partial charge in [-0.3, -0.25) is 4.90 Å². The minimum atomic E-state index is 0.712. The Kier molecular flexibility index (Phi) is 3.42. The maximum atomic E-state index is 8.62. The predicted octanol–water partition coefficient (Wildman–Crippen LogP) is 2.55. The lowest BCUT2D eigenvalue weighted by atomic mass is 9.78. The van der Waals surface area contributed by atoms with E-state index >= 15 is 0 Å². The van der Waals surface area contributed by atoms with Crippen molar-refractivity contribution in [1.29, 1.82) is 5.26 Å². The molecular formula is C12H20N2. The van der Waals surface area contributed by atoms with Gasteiger partial charge in [-0.05, 0) is 38.1 Å². The molecule has 2 atom stereocenters. The molecule has 1 saturated heterocycles. The number of nitriles is 1. The van der Waals surface area contributed by atoms with Crippen LogP contribution in [0.3, 0.4) is 0 Å². The molecule has 0 bridgehead atoms. The molecule has 14 heavy (non-hydrogen) atoms. The van der Waals surface area contributed by atoms with E-state index in [4.69, 9.17) is 5.26 Å². The maximum absolute atomic E-state index is 8.62. The summed E-state index contributed by atoms with van der Waals surface area (Å²) in [5.74, 6) is 0.955. The summed E-state index contributed by atoms with van der Waals surface area (Å²) in [7, 11) is 0. The van der Waals surface area contributed by atoms with Gasteiger partial charge in [0, 0.05) is 19.0 Å². The fourth-order valence-corrected chi connectivity index (χ4v) is 3.20. The van der Waals surface area contributed by atoms with E-state index < -0.39 is 0 Å². The fraction of sp³-hybridized carbons (Fsp3) is 0.917. The second-order valence-electron chi connectivity index (χ2n) is 4.70. The van der Waals surface area contributed by atoms with E-state index in [-0.39, 0.29) is 0 Å². The standard InChI is InChI=1S/C12H20N2/c13-8-4-10-14-9-3-6-11-5-1-2-7-12(11)14/h11-12H,1-7,9-10H2. The first-order valence-electron chi connectivity index (χ1n) is 6.03. The normalized spacial score (nSPS) is 33.4. The number of fused-ring (bicyclic) bond motifs is 1. The Morgan fingerprint density at radius 1 is 1.14 bits per heavy atom. The smallest absolute Gasteiger partial charge is 0.0635 e. The maximum Gasteiger partial charge on any atom is 0.0635 e. The van der Waals surface area contributed by atoms with Crippen molar-refractivity contribution in [3.63, 3.8) is 0 Å². The topological polar surface area (TPSA) is 27.0 Å². The lowest BCUT2D eigenvalue weighted by molar-refractivity contribution is 0.0629. The molecule has 2 unspecified atom stereocenters. The fourth-order valence-electron chi connectivity index (χ4n) is 3.20. The highest BCUT2D eigenvalue weighted by atomic mass is 15.2. The molecule has 0 radical (unpaired) electrons. The van der Waals surface area contributed by atoms with Gasteiger partial charge in [-0.15, -0.1) is 0 Å². The van der Waals surface area contributed by atoms with Crippen LogP contribution >= 0.6 is 0 Å². The van der Waals surface area contributed by atoms with Crippen molar-refractivity contribution in [3.8, 4) is 6.07 Å². The van der Waals surface area contributed by atoms with Crippen LogP contribution in [-0.2, 0) is 0 Å². The van der Waals surface area contributed by atoms with Gasteiger partial charge < -0.3 is 0 Å². The SMILES string of the molecule is N#CCCN1CCCC2CCCCC21. The van der Waals surface area contributed by atoms with E-state index in [1.54, 1.807) is 0 Å². The number of hydrogen-bond acceptors (Lipinski definition) is 2. The van der Waals surface area contributed by atoms with Crippen LogP contribution < -0.4 is 0 Å². The van der Waals surface area contributed by atoms with Crippen molar-refractivity contribution in [2.45, 2.75) is 51.0 Å². The van der Waals surface area contributed by atoms with Crippen molar-refractivity contribution in [3.05, 3.63) is 0 Å². The van der Waals surface area contributed by atoms with Gasteiger partial charge in [0.25, 0.3) is 0 Å². The van der Waals surface area contributed by atoms with E-state index in [2.05, 4.69) is 11.0 Å². The van der Waals surface area contributed by atoms with E-state index in [0.29, 0.717) is 6.42 Å². The Labute approximate surface area is 86.9 Å². The molecule has 0 spiro atoms. The molecule has 0 aromatic carbocycles. The van der Waals surface area contributed by atoms with Gasteiger partial charge in [-0.25, -0.2) is 0 Å². The third-order valence-electron chi connectivity index (χ3n) is 3.87. The molecule has 0 N–H and O–H groups in total. The molecule has 1 heterocycles. The molecule has 0 amide bonds. The molecular weight excluding hydrogens is 172 g/mol. The molecule has 0 aromatic heterocycles. The lowest BCUT2D eigenvalue weighted by Crippen LogP contribution is -2.46. The predicted molar refractivity (Wildman–Crippen MR) is 56.8 cm³/mol. The summed E-state index contributed by atoms with van der Waals surface area (Å²) < 4.78 is 0. The zero-order valence-corrected chi connectivity index (χ0v) is 8.91. The van der Waals surface area contributed by atoms with Gasteiger partial charge in [-0.1, -0.05) is 12.8 Å². The van der Waals surface area contributed by atoms with Gasteiger partial charge >= 0.3 is 0 Å². The minimum Gasteiger partial charge on any atom is -0.299 e. The van der Waals surface area contributed by atoms with Crippen molar-refractivity contribution >= 4 is 0 Å². The highest BCUT2D eigenvalue weighted by molar-refractivity contribution is 4.88. The van der Waals surface area contributed by atoms with Crippen LogP contribution in [-0.4, -0.2) is 24.0 Å². The molecule has 78 valence electrons. The Bertz CT molecular complexity index is 217. The summed E-state index contributed by atoms with van der Waals surface area (Å²) in [6.07, 6.45) is 9.17. The highest BCUT2D eigenvalue weighted by Crippen LogP contribution is 2.35. The number of likely N-dealkylation sites (tertiary alicyclic amines) is 1. The molecule has 1 aliphatic carbocycles. The Hall–Kier alpha value is -0.550. The Morgan fingerprint density at radius 2 is 1.93 bits per heavy atom. The summed E-state index contributed by atoms with van der Waals surface area (Å²) in [6, 6.07) is 3.09. The monoisotopic (exact) mass is 192 g/mol. The number of hydrogen-bond donors (Lipinski definition) is 0. The second kappa shape index (κ2) is 4.79. The summed E-state index contributed by atoms with van der Waals surface area (Å²) >= 11 is 0. The van der Waals surface area contributed by atoms with Crippen LogP contribution in [0.5, 0.6) is 0 Å². The highest BCUT2D eigenvalue weighted by Gasteiger charge is 2.32. The molecule has 1 aliphatic heterocycles. The lowest BCUT2D eigenvalue weighted by Gasteiger charge is -2.44. The van der Waals surface area contributed by atoms with Crippen LogP contribution in [0.25, 0.3) is 0 Å². The summed E-state index contributed by atoms with van der Waals surface area (Å²) in [4.78, 5) is 2.58. The van der Waals surface area contributed by atoms with Crippen molar-refractivity contribution in [1.82, 2.24) is 4.90 Å². The van der Waals surface area contributed by atoms with Gasteiger partial charge in [0.15, 0.2) is 0 Å². The first kappa shape index (κ1) is 9.98. The average Bonchev–Trinajstić information content (AvgIpc) is 2.26. The molecule has 1 saturated carbocycles. The number of nitrogens with zero attached hydrogens (tertiary/aromatic N) is 2. The van der Waals surface area contributed by atoms with E-state index in [1.807, 2.05) is 0 Å². The third kappa shape index (κ3) is 2.09. The van der Waals surface area contributed by atoms with Crippen LogP contribution in [0.2, 0.25) is 0 Å². The average molecular weight is 192 g/mol. The quantitative estimate of drug-likeness (QED) is 0.672. The Morgan fingerprint density at radius 3 is 2.79 bits per heavy atom. The second-order valence-corrected chi connectivity index (χ2v) is 4.70. The minimum absolute atomic E-state index is 0.712. The van der Waals surface area contributed by atoms with E-state index in [1.165, 1.54) is 45.1 Å². The van der Waals surface area contributed by atoms with Crippen molar-refractivity contribution in [2.75, 3.05) is 13.1 Å². The van der Waals surface area contributed by atoms with Gasteiger partial charge in [0.1, 0.15) is 0 Å². The first-order chi connectivity index (χ1) is 6.92. The molecule has 2 nitrogen and oxygen atoms in total. The van der Waals surface area contributed by atoms with E-state index in [0.717, 1.165) is 18.5 Å². The largest absolute Gasteiger partial charge is 0.299 e. The number of piperidine rings is 1. The van der Waals surface area contributed by atoms with Crippen LogP contribution in [0, 0.1) is 17.2 Å². The first-order valence-corrected chi connectivity index (χ1v) is 6.03. The van der Waals surface area contributed by atoms with Gasteiger partial charge in [0.2, 0.25) is 0 Å². The van der Waals surface area contributed by atoms with E-state index in [9.17, 15) is 0 Å². The summed E-state index contributed by atoms with van der Waals surface area (Å²) in [6.45, 7) is 2.25. The van der Waals surface area contributed by atoms with Gasteiger partial charge in [0.05, 0.1) is 6.07 Å². The molecule has 2 fully saturated rings. The zero-order valence-electron chi connectivity index (χ0n) is 8.91. The van der Waals surface area contributed by atoms with Crippen molar-refractivity contribution in [2.24, 2.45) is 5.92 Å². The third-order valence-corrected chi connectivity index (χ3v) is 3.87. The number of rotatable bonds is 2. The van der Waals surface area contributed by atoms with Crippen LogP contribution in [0.1, 0.15) is 44.9 Å². The molecule has 2 rings (SSSR count). The molecule has 2 aliphatic rings. The summed E-state index contributed by atoms with van der Waals surface area (Å²) in [5, 5.41) is 8.62. The van der Waals surface area contributed by atoms with Crippen LogP contribution in [0.15, 0.2) is 0 Å². The summed E-state index contributed by atoms with van der Waals surface area (Å²) in [5.41, 5.74) is 0. The molecule has 2 heteroatoms.